The largest absolute Gasteiger partial charge is 0.416 e. The van der Waals surface area contributed by atoms with Crippen molar-refractivity contribution < 1.29 is 36.6 Å². The van der Waals surface area contributed by atoms with E-state index < -0.39 is 23.5 Å². The van der Waals surface area contributed by atoms with Gasteiger partial charge in [-0.1, -0.05) is 24.3 Å². The van der Waals surface area contributed by atoms with Gasteiger partial charge in [0.05, 0.1) is 11.1 Å². The number of benzene rings is 2. The molecule has 0 unspecified atom stereocenters. The molecule has 0 bridgehead atoms. The standard InChI is InChI=1S/C22H24F6O2/c23-21(24,25)19-7-3-15(4-8-19)12-17(2-1-11-29)18(14-30)13-16-5-9-20(10-6-16)22(26,27)28/h3-10,17-18,29-30H,1-2,11-14H2/t17-,18+/m1/s1. The molecule has 0 fully saturated rings. The van der Waals surface area contributed by atoms with E-state index in [9.17, 15) is 31.4 Å². The normalized spacial score (nSPS) is 14.5. The zero-order valence-corrected chi connectivity index (χ0v) is 16.2. The number of hydrogen-bond acceptors (Lipinski definition) is 2. The summed E-state index contributed by atoms with van der Waals surface area (Å²) in [6.45, 7) is -0.292. The Balaban J connectivity index is 2.14. The fourth-order valence-electron chi connectivity index (χ4n) is 3.50. The second kappa shape index (κ2) is 10.3. The Labute approximate surface area is 171 Å². The second-order valence-corrected chi connectivity index (χ2v) is 7.37. The summed E-state index contributed by atoms with van der Waals surface area (Å²) < 4.78 is 76.4. The fourth-order valence-corrected chi connectivity index (χ4v) is 3.50. The van der Waals surface area contributed by atoms with Crippen LogP contribution in [0, 0.1) is 11.8 Å². The summed E-state index contributed by atoms with van der Waals surface area (Å²) in [6.07, 6.45) is -7.15. The molecule has 0 aliphatic rings. The maximum atomic E-state index is 12.7. The van der Waals surface area contributed by atoms with Crippen LogP contribution in [0.25, 0.3) is 0 Å². The minimum Gasteiger partial charge on any atom is -0.396 e. The summed E-state index contributed by atoms with van der Waals surface area (Å²) in [6, 6.07) is 9.50. The molecule has 0 aliphatic carbocycles. The van der Waals surface area contributed by atoms with Crippen molar-refractivity contribution in [2.45, 2.75) is 38.0 Å². The van der Waals surface area contributed by atoms with E-state index in [1.807, 2.05) is 0 Å². The van der Waals surface area contributed by atoms with Crippen LogP contribution in [0.3, 0.4) is 0 Å². The van der Waals surface area contributed by atoms with Crippen molar-refractivity contribution in [1.29, 1.82) is 0 Å². The lowest BCUT2D eigenvalue weighted by atomic mass is 9.80. The van der Waals surface area contributed by atoms with Crippen molar-refractivity contribution in [2.75, 3.05) is 13.2 Å². The SMILES string of the molecule is OCCC[C@H](Cc1ccc(C(F)(F)F)cc1)[C@H](CO)Cc1ccc(C(F)(F)F)cc1. The highest BCUT2D eigenvalue weighted by atomic mass is 19.4. The zero-order valence-electron chi connectivity index (χ0n) is 16.2. The molecule has 0 saturated heterocycles. The van der Waals surface area contributed by atoms with Gasteiger partial charge in [0.1, 0.15) is 0 Å². The third-order valence-electron chi connectivity index (χ3n) is 5.19. The first-order valence-electron chi connectivity index (χ1n) is 9.58. The Morgan fingerprint density at radius 1 is 0.633 bits per heavy atom. The van der Waals surface area contributed by atoms with Gasteiger partial charge in [-0.15, -0.1) is 0 Å². The van der Waals surface area contributed by atoms with Gasteiger partial charge >= 0.3 is 12.4 Å². The Morgan fingerprint density at radius 3 is 1.37 bits per heavy atom. The predicted molar refractivity (Wildman–Crippen MR) is 101 cm³/mol. The first-order valence-corrected chi connectivity index (χ1v) is 9.58. The van der Waals surface area contributed by atoms with Gasteiger partial charge in [-0.2, -0.15) is 26.3 Å². The molecular weight excluding hydrogens is 410 g/mol. The lowest BCUT2D eigenvalue weighted by Crippen LogP contribution is -2.24. The molecule has 0 aliphatic heterocycles. The van der Waals surface area contributed by atoms with E-state index in [1.54, 1.807) is 0 Å². The first kappa shape index (κ1) is 24.2. The zero-order chi connectivity index (χ0) is 22.4. The lowest BCUT2D eigenvalue weighted by molar-refractivity contribution is -0.138. The van der Waals surface area contributed by atoms with Crippen LogP contribution >= 0.6 is 0 Å². The predicted octanol–water partition coefficient (Wildman–Crippen LogP) is 5.51. The molecule has 8 heteroatoms. The van der Waals surface area contributed by atoms with Crippen LogP contribution in [-0.4, -0.2) is 23.4 Å². The highest BCUT2D eigenvalue weighted by Gasteiger charge is 2.31. The van der Waals surface area contributed by atoms with Crippen molar-refractivity contribution in [1.82, 2.24) is 0 Å². The van der Waals surface area contributed by atoms with E-state index >= 15 is 0 Å². The molecule has 2 nitrogen and oxygen atoms in total. The van der Waals surface area contributed by atoms with E-state index in [4.69, 9.17) is 5.11 Å². The van der Waals surface area contributed by atoms with E-state index in [1.165, 1.54) is 24.3 Å². The maximum absolute atomic E-state index is 12.7. The van der Waals surface area contributed by atoms with Gasteiger partial charge in [-0.25, -0.2) is 0 Å². The average Bonchev–Trinajstić information content (AvgIpc) is 2.69. The molecular formula is C22H24F6O2. The topological polar surface area (TPSA) is 40.5 Å². The van der Waals surface area contributed by atoms with Crippen LogP contribution < -0.4 is 0 Å². The summed E-state index contributed by atoms with van der Waals surface area (Å²) in [5, 5.41) is 19.0. The minimum absolute atomic E-state index is 0.0675. The van der Waals surface area contributed by atoms with Gasteiger partial charge in [0, 0.05) is 13.2 Å². The van der Waals surface area contributed by atoms with E-state index in [0.29, 0.717) is 36.8 Å². The molecule has 2 atom stereocenters. The smallest absolute Gasteiger partial charge is 0.396 e. The van der Waals surface area contributed by atoms with Crippen molar-refractivity contribution in [3.05, 3.63) is 70.8 Å². The van der Waals surface area contributed by atoms with E-state index in [-0.39, 0.29) is 25.0 Å². The summed E-state index contributed by atoms with van der Waals surface area (Å²) in [5.74, 6) is -0.461. The highest BCUT2D eigenvalue weighted by molar-refractivity contribution is 5.26. The quantitative estimate of drug-likeness (QED) is 0.511. The average molecular weight is 434 g/mol. The monoisotopic (exact) mass is 434 g/mol. The Morgan fingerprint density at radius 2 is 1.03 bits per heavy atom. The van der Waals surface area contributed by atoms with Gasteiger partial charge in [0.25, 0.3) is 0 Å². The molecule has 2 N–H and O–H groups in total. The Hall–Kier alpha value is -2.06. The summed E-state index contributed by atoms with van der Waals surface area (Å²) in [7, 11) is 0. The van der Waals surface area contributed by atoms with Crippen molar-refractivity contribution in [2.24, 2.45) is 11.8 Å². The van der Waals surface area contributed by atoms with Gasteiger partial charge < -0.3 is 10.2 Å². The number of rotatable bonds is 9. The van der Waals surface area contributed by atoms with Gasteiger partial charge in [-0.05, 0) is 72.9 Å². The number of halogens is 6. The molecule has 0 heterocycles. The molecule has 0 radical (unpaired) electrons. The Bertz CT molecular complexity index is 766. The van der Waals surface area contributed by atoms with Crippen LogP contribution in [0.2, 0.25) is 0 Å². The van der Waals surface area contributed by atoms with Crippen LogP contribution in [0.15, 0.2) is 48.5 Å². The number of aliphatic hydroxyl groups excluding tert-OH is 2. The summed E-state index contributed by atoms with van der Waals surface area (Å²) in [5.41, 5.74) is -0.213. The number of alkyl halides is 6. The van der Waals surface area contributed by atoms with Gasteiger partial charge in [0.2, 0.25) is 0 Å². The molecule has 2 aromatic carbocycles. The molecule has 0 spiro atoms. The second-order valence-electron chi connectivity index (χ2n) is 7.37. The van der Waals surface area contributed by atoms with Gasteiger partial charge in [-0.3, -0.25) is 0 Å². The third kappa shape index (κ3) is 7.02. The fraction of sp³-hybridized carbons (Fsp3) is 0.455. The number of aliphatic hydroxyl groups is 2. The molecule has 2 aromatic rings. The molecule has 0 saturated carbocycles. The molecule has 0 amide bonds. The Kier molecular flexibility index (Phi) is 8.32. The first-order chi connectivity index (χ1) is 14.0. The molecule has 0 aromatic heterocycles. The highest BCUT2D eigenvalue weighted by Crippen LogP contribution is 2.32. The maximum Gasteiger partial charge on any atom is 0.416 e. The third-order valence-corrected chi connectivity index (χ3v) is 5.19. The van der Waals surface area contributed by atoms with Crippen molar-refractivity contribution in [3.8, 4) is 0 Å². The van der Waals surface area contributed by atoms with E-state index in [0.717, 1.165) is 24.3 Å². The molecule has 30 heavy (non-hydrogen) atoms. The van der Waals surface area contributed by atoms with E-state index in [2.05, 4.69) is 0 Å². The van der Waals surface area contributed by atoms with Crippen molar-refractivity contribution >= 4 is 0 Å². The molecule has 166 valence electrons. The summed E-state index contributed by atoms with van der Waals surface area (Å²) >= 11 is 0. The van der Waals surface area contributed by atoms with Gasteiger partial charge in [0.15, 0.2) is 0 Å². The number of hydrogen-bond donors (Lipinski definition) is 2. The minimum atomic E-state index is -4.43. The van der Waals surface area contributed by atoms with Crippen LogP contribution in [-0.2, 0) is 25.2 Å². The van der Waals surface area contributed by atoms with Crippen LogP contribution in [0.1, 0.15) is 35.1 Å². The van der Waals surface area contributed by atoms with Crippen LogP contribution in [0.5, 0.6) is 0 Å². The van der Waals surface area contributed by atoms with Crippen LogP contribution in [0.4, 0.5) is 26.3 Å². The molecule has 2 rings (SSSR count). The lowest BCUT2D eigenvalue weighted by Gasteiger charge is -2.26. The van der Waals surface area contributed by atoms with Crippen molar-refractivity contribution in [3.63, 3.8) is 0 Å². The summed E-state index contributed by atoms with van der Waals surface area (Å²) in [4.78, 5) is 0.